The molecule has 0 aliphatic heterocycles. The molecule has 0 saturated carbocycles. The average Bonchev–Trinajstić information content (AvgIpc) is 2.96. The molecule has 118 valence electrons. The third-order valence-corrected chi connectivity index (χ3v) is 3.18. The van der Waals surface area contributed by atoms with Crippen LogP contribution in [0.5, 0.6) is 11.5 Å². The molecule has 1 heterocycles. The second-order valence-electron chi connectivity index (χ2n) is 5.11. The third-order valence-electron chi connectivity index (χ3n) is 3.18. The van der Waals surface area contributed by atoms with Gasteiger partial charge in [-0.05, 0) is 43.3 Å². The Hall–Kier alpha value is -2.89. The molecule has 0 bridgehead atoms. The number of aromatic nitrogens is 2. The molecule has 0 aliphatic carbocycles. The molecule has 2 aromatic carbocycles. The summed E-state index contributed by atoms with van der Waals surface area (Å²) in [5, 5.41) is 11.1. The number of rotatable bonds is 5. The summed E-state index contributed by atoms with van der Waals surface area (Å²) >= 11 is 0. The van der Waals surface area contributed by atoms with Gasteiger partial charge in [-0.15, -0.1) is 10.2 Å². The zero-order valence-corrected chi connectivity index (χ0v) is 12.8. The van der Waals surface area contributed by atoms with Crippen molar-refractivity contribution in [2.45, 2.75) is 19.9 Å². The van der Waals surface area contributed by atoms with Crippen LogP contribution in [0.1, 0.15) is 24.7 Å². The van der Waals surface area contributed by atoms with Gasteiger partial charge in [0, 0.05) is 18.7 Å². The van der Waals surface area contributed by atoms with Crippen LogP contribution in [0.3, 0.4) is 0 Å². The van der Waals surface area contributed by atoms with Crippen molar-refractivity contribution in [3.05, 3.63) is 66.1 Å². The van der Waals surface area contributed by atoms with E-state index in [-0.39, 0.29) is 11.9 Å². The lowest BCUT2D eigenvalue weighted by Crippen LogP contribution is -2.06. The number of halogens is 1. The van der Waals surface area contributed by atoms with Crippen molar-refractivity contribution < 1.29 is 13.5 Å². The second kappa shape index (κ2) is 6.48. The lowest BCUT2D eigenvalue weighted by Gasteiger charge is -2.12. The highest BCUT2D eigenvalue weighted by Gasteiger charge is 2.12. The summed E-state index contributed by atoms with van der Waals surface area (Å²) in [6.45, 7) is 3.69. The monoisotopic (exact) mass is 313 g/mol. The highest BCUT2D eigenvalue weighted by Crippen LogP contribution is 2.25. The van der Waals surface area contributed by atoms with E-state index in [1.165, 1.54) is 12.1 Å². The van der Waals surface area contributed by atoms with E-state index in [0.29, 0.717) is 23.3 Å². The number of ether oxygens (including phenoxy) is 1. The van der Waals surface area contributed by atoms with E-state index in [1.54, 1.807) is 31.2 Å². The van der Waals surface area contributed by atoms with Crippen LogP contribution < -0.4 is 10.1 Å². The average molecular weight is 313 g/mol. The van der Waals surface area contributed by atoms with Crippen LogP contribution >= 0.6 is 0 Å². The van der Waals surface area contributed by atoms with E-state index in [2.05, 4.69) is 15.5 Å². The fourth-order valence-electron chi connectivity index (χ4n) is 2.08. The van der Waals surface area contributed by atoms with Gasteiger partial charge in [0.05, 0.1) is 0 Å². The minimum absolute atomic E-state index is 0.105. The summed E-state index contributed by atoms with van der Waals surface area (Å²) in [7, 11) is 0. The number of hydrogen-bond acceptors (Lipinski definition) is 5. The molecule has 0 aliphatic rings. The first-order chi connectivity index (χ1) is 11.1. The fourth-order valence-corrected chi connectivity index (χ4v) is 2.08. The molecule has 5 nitrogen and oxygen atoms in total. The van der Waals surface area contributed by atoms with E-state index in [0.717, 1.165) is 5.69 Å². The number of anilines is 1. The molecule has 1 atom stereocenters. The Morgan fingerprint density at radius 3 is 2.52 bits per heavy atom. The quantitative estimate of drug-likeness (QED) is 0.752. The summed E-state index contributed by atoms with van der Waals surface area (Å²) in [4.78, 5) is 0. The lowest BCUT2D eigenvalue weighted by molar-refractivity contribution is 0.451. The smallest absolute Gasteiger partial charge is 0.238 e. The van der Waals surface area contributed by atoms with Crippen LogP contribution in [-0.2, 0) is 0 Å². The summed E-state index contributed by atoms with van der Waals surface area (Å²) < 4.78 is 24.1. The standard InChI is InChI=1S/C17H16FN3O2/c1-11(17-21-20-12(2)22-17)19-14-6-8-15(9-7-14)23-16-5-3-4-13(18)10-16/h3-11,19H,1-2H3. The van der Waals surface area contributed by atoms with Crippen molar-refractivity contribution in [2.24, 2.45) is 0 Å². The van der Waals surface area contributed by atoms with E-state index in [1.807, 2.05) is 19.1 Å². The van der Waals surface area contributed by atoms with Gasteiger partial charge in [-0.3, -0.25) is 0 Å². The Bertz CT molecular complexity index is 787. The Morgan fingerprint density at radius 2 is 1.87 bits per heavy atom. The molecule has 0 amide bonds. The van der Waals surface area contributed by atoms with Crippen LogP contribution in [0.2, 0.25) is 0 Å². The first-order valence-electron chi connectivity index (χ1n) is 7.20. The van der Waals surface area contributed by atoms with Crippen LogP contribution in [0.4, 0.5) is 10.1 Å². The van der Waals surface area contributed by atoms with Gasteiger partial charge in [-0.2, -0.15) is 0 Å². The van der Waals surface area contributed by atoms with Crippen LogP contribution in [0, 0.1) is 12.7 Å². The van der Waals surface area contributed by atoms with Crippen LogP contribution in [0.25, 0.3) is 0 Å². The molecular formula is C17H16FN3O2. The normalized spacial score (nSPS) is 12.0. The van der Waals surface area contributed by atoms with Crippen LogP contribution in [0.15, 0.2) is 52.9 Å². The van der Waals surface area contributed by atoms with Gasteiger partial charge in [-0.25, -0.2) is 4.39 Å². The zero-order valence-electron chi connectivity index (χ0n) is 12.8. The molecular weight excluding hydrogens is 297 g/mol. The van der Waals surface area contributed by atoms with Gasteiger partial charge in [0.2, 0.25) is 11.8 Å². The maximum atomic E-state index is 13.1. The van der Waals surface area contributed by atoms with Crippen molar-refractivity contribution in [3.8, 4) is 11.5 Å². The molecule has 0 saturated heterocycles. The Balaban J connectivity index is 1.65. The molecule has 0 radical (unpaired) electrons. The second-order valence-corrected chi connectivity index (χ2v) is 5.11. The number of nitrogens with one attached hydrogen (secondary N) is 1. The first-order valence-corrected chi connectivity index (χ1v) is 7.20. The van der Waals surface area contributed by atoms with Gasteiger partial charge in [0.25, 0.3) is 0 Å². The number of aryl methyl sites for hydroxylation is 1. The molecule has 23 heavy (non-hydrogen) atoms. The third kappa shape index (κ3) is 3.85. The molecule has 3 aromatic rings. The van der Waals surface area contributed by atoms with Crippen molar-refractivity contribution in [3.63, 3.8) is 0 Å². The Labute approximate surface area is 133 Å². The molecule has 1 aromatic heterocycles. The SMILES string of the molecule is Cc1nnc(C(C)Nc2ccc(Oc3cccc(F)c3)cc2)o1. The van der Waals surface area contributed by atoms with Gasteiger partial charge in [-0.1, -0.05) is 6.07 Å². The maximum Gasteiger partial charge on any atom is 0.238 e. The van der Waals surface area contributed by atoms with Crippen molar-refractivity contribution in [1.29, 1.82) is 0 Å². The number of nitrogens with zero attached hydrogens (tertiary/aromatic N) is 2. The fraction of sp³-hybridized carbons (Fsp3) is 0.176. The van der Waals surface area contributed by atoms with Gasteiger partial charge < -0.3 is 14.5 Å². The largest absolute Gasteiger partial charge is 0.457 e. The summed E-state index contributed by atoms with van der Waals surface area (Å²) in [6.07, 6.45) is 0. The first kappa shape index (κ1) is 15.0. The van der Waals surface area contributed by atoms with E-state index in [9.17, 15) is 4.39 Å². The Kier molecular flexibility index (Phi) is 4.23. The van der Waals surface area contributed by atoms with E-state index in [4.69, 9.17) is 9.15 Å². The van der Waals surface area contributed by atoms with Crippen molar-refractivity contribution in [2.75, 3.05) is 5.32 Å². The summed E-state index contributed by atoms with van der Waals surface area (Å²) in [5.41, 5.74) is 0.889. The van der Waals surface area contributed by atoms with Gasteiger partial charge in [0.15, 0.2) is 0 Å². The number of hydrogen-bond donors (Lipinski definition) is 1. The van der Waals surface area contributed by atoms with E-state index < -0.39 is 0 Å². The highest BCUT2D eigenvalue weighted by atomic mass is 19.1. The topological polar surface area (TPSA) is 60.2 Å². The van der Waals surface area contributed by atoms with Crippen molar-refractivity contribution in [1.82, 2.24) is 10.2 Å². The molecule has 1 N–H and O–H groups in total. The molecule has 3 rings (SSSR count). The predicted molar refractivity (Wildman–Crippen MR) is 84.0 cm³/mol. The molecule has 0 fully saturated rings. The van der Waals surface area contributed by atoms with Crippen LogP contribution in [-0.4, -0.2) is 10.2 Å². The van der Waals surface area contributed by atoms with E-state index >= 15 is 0 Å². The summed E-state index contributed by atoms with van der Waals surface area (Å²) in [6, 6.07) is 13.3. The minimum Gasteiger partial charge on any atom is -0.457 e. The Morgan fingerprint density at radius 1 is 1.09 bits per heavy atom. The molecule has 6 heteroatoms. The summed E-state index contributed by atoms with van der Waals surface area (Å²) in [5.74, 6) is 1.82. The van der Waals surface area contributed by atoms with Gasteiger partial charge in [0.1, 0.15) is 23.4 Å². The zero-order chi connectivity index (χ0) is 16.2. The predicted octanol–water partition coefficient (Wildman–Crippen LogP) is 4.48. The minimum atomic E-state index is -0.329. The molecule has 1 unspecified atom stereocenters. The van der Waals surface area contributed by atoms with Crippen molar-refractivity contribution >= 4 is 5.69 Å². The maximum absolute atomic E-state index is 13.1. The van der Waals surface area contributed by atoms with Gasteiger partial charge >= 0.3 is 0 Å². The lowest BCUT2D eigenvalue weighted by atomic mass is 10.2. The highest BCUT2D eigenvalue weighted by molar-refractivity contribution is 5.48. The molecule has 0 spiro atoms. The number of benzene rings is 2.